The average molecular weight is 590 g/mol. The maximum absolute atomic E-state index is 13.5. The van der Waals surface area contributed by atoms with Crippen molar-refractivity contribution in [2.45, 2.75) is 23.6 Å². The number of nitrogens with zero attached hydrogens (tertiary/aromatic N) is 4. The lowest BCUT2D eigenvalue weighted by Crippen LogP contribution is -2.23. The number of alkyl halides is 3. The van der Waals surface area contributed by atoms with Gasteiger partial charge in [-0.15, -0.1) is 10.2 Å². The number of amides is 1. The number of ether oxygens (including phenoxy) is 2. The number of aromatic nitrogens is 4. The second kappa shape index (κ2) is 11.6. The van der Waals surface area contributed by atoms with Crippen molar-refractivity contribution in [1.29, 1.82) is 0 Å². The molecule has 0 aliphatic carbocycles. The van der Waals surface area contributed by atoms with Crippen LogP contribution in [0.3, 0.4) is 0 Å². The van der Waals surface area contributed by atoms with E-state index in [4.69, 9.17) is 9.47 Å². The van der Waals surface area contributed by atoms with Crippen molar-refractivity contribution in [1.82, 2.24) is 25.1 Å². The molecular formula is C30H22F3N5O3S. The first-order chi connectivity index (χ1) is 20.4. The highest BCUT2D eigenvalue weighted by Crippen LogP contribution is 2.35. The van der Waals surface area contributed by atoms with Gasteiger partial charge >= 0.3 is 6.18 Å². The number of rotatable bonds is 8. The molecule has 1 aliphatic rings. The van der Waals surface area contributed by atoms with Crippen LogP contribution in [0.1, 0.15) is 27.0 Å². The molecule has 1 aliphatic heterocycles. The molecule has 0 unspecified atom stereocenters. The number of pyridine rings is 1. The third-order valence-electron chi connectivity index (χ3n) is 6.51. The minimum atomic E-state index is -4.51. The fourth-order valence-electron chi connectivity index (χ4n) is 4.44. The Labute approximate surface area is 242 Å². The van der Waals surface area contributed by atoms with Crippen molar-refractivity contribution >= 4 is 17.7 Å². The summed E-state index contributed by atoms with van der Waals surface area (Å²) in [4.78, 5) is 17.2. The van der Waals surface area contributed by atoms with Crippen LogP contribution >= 0.6 is 11.8 Å². The summed E-state index contributed by atoms with van der Waals surface area (Å²) >= 11 is 1.27. The van der Waals surface area contributed by atoms with Gasteiger partial charge in [0, 0.05) is 35.8 Å². The Morgan fingerprint density at radius 2 is 1.74 bits per heavy atom. The number of nitrogens with one attached hydrogen (secondary N) is 1. The second-order valence-electron chi connectivity index (χ2n) is 9.24. The van der Waals surface area contributed by atoms with Crippen LogP contribution < -0.4 is 14.8 Å². The lowest BCUT2D eigenvalue weighted by atomic mass is 10.1. The number of hydrogen-bond donors (Lipinski definition) is 1. The fourth-order valence-corrected chi connectivity index (χ4v) is 5.40. The van der Waals surface area contributed by atoms with Crippen molar-refractivity contribution in [2.24, 2.45) is 0 Å². The van der Waals surface area contributed by atoms with Gasteiger partial charge in [-0.2, -0.15) is 13.2 Å². The number of fused-ring (bicyclic) bond motifs is 1. The van der Waals surface area contributed by atoms with Crippen LogP contribution in [-0.2, 0) is 18.5 Å². The molecule has 0 radical (unpaired) electrons. The minimum absolute atomic E-state index is 0.168. The summed E-state index contributed by atoms with van der Waals surface area (Å²) < 4.78 is 53.0. The first kappa shape index (κ1) is 27.3. The molecule has 2 aromatic heterocycles. The summed E-state index contributed by atoms with van der Waals surface area (Å²) in [5, 5.41) is 11.9. The molecule has 0 saturated heterocycles. The highest BCUT2D eigenvalue weighted by molar-refractivity contribution is 7.98. The van der Waals surface area contributed by atoms with Crippen molar-refractivity contribution in [3.8, 4) is 28.6 Å². The van der Waals surface area contributed by atoms with Crippen molar-refractivity contribution in [2.75, 3.05) is 6.79 Å². The van der Waals surface area contributed by atoms with E-state index in [1.54, 1.807) is 53.4 Å². The molecule has 0 fully saturated rings. The topological polar surface area (TPSA) is 91.2 Å². The summed E-state index contributed by atoms with van der Waals surface area (Å²) in [6.45, 7) is 0.456. The number of hydrogen-bond acceptors (Lipinski definition) is 7. The van der Waals surface area contributed by atoms with E-state index >= 15 is 0 Å². The number of carbonyl (C=O) groups is 1. The number of carbonyl (C=O) groups excluding carboxylic acids is 1. The Kier molecular flexibility index (Phi) is 7.53. The predicted molar refractivity (Wildman–Crippen MR) is 149 cm³/mol. The zero-order valence-electron chi connectivity index (χ0n) is 21.8. The van der Waals surface area contributed by atoms with Crippen LogP contribution in [0.4, 0.5) is 13.2 Å². The highest BCUT2D eigenvalue weighted by atomic mass is 32.2. The number of benzene rings is 3. The van der Waals surface area contributed by atoms with E-state index in [2.05, 4.69) is 20.5 Å². The molecule has 8 nitrogen and oxygen atoms in total. The van der Waals surface area contributed by atoms with Crippen LogP contribution in [0.15, 0.2) is 96.4 Å². The first-order valence-electron chi connectivity index (χ1n) is 12.8. The normalized spacial score (nSPS) is 12.4. The Hall–Kier alpha value is -4.84. The molecule has 3 aromatic carbocycles. The molecule has 3 heterocycles. The van der Waals surface area contributed by atoms with E-state index in [9.17, 15) is 18.0 Å². The van der Waals surface area contributed by atoms with Crippen LogP contribution in [0, 0.1) is 0 Å². The summed E-state index contributed by atoms with van der Waals surface area (Å²) in [5.41, 5.74) is 2.19. The molecule has 0 saturated carbocycles. The number of halogens is 3. The lowest BCUT2D eigenvalue weighted by Gasteiger charge is -2.14. The molecule has 12 heteroatoms. The van der Waals surface area contributed by atoms with E-state index < -0.39 is 11.7 Å². The van der Waals surface area contributed by atoms with E-state index in [0.717, 1.165) is 23.3 Å². The standard InChI is InChI=1S/C30H22F3N5O3S/c31-30(32,33)22-5-3-6-23(15-22)38-27(20-10-12-34-13-11-20)36-37-29(38)42-17-21-4-1-2-7-24(21)28(39)35-16-19-8-9-25-26(14-19)41-18-40-25/h1-15H,16-18H2,(H,35,39). The Balaban J connectivity index is 1.25. The summed E-state index contributed by atoms with van der Waals surface area (Å²) in [5.74, 6) is 1.72. The maximum atomic E-state index is 13.5. The van der Waals surface area contributed by atoms with Gasteiger partial charge in [0.25, 0.3) is 5.91 Å². The van der Waals surface area contributed by atoms with Crippen LogP contribution in [0.5, 0.6) is 11.5 Å². The molecule has 0 spiro atoms. The summed E-state index contributed by atoms with van der Waals surface area (Å²) in [6, 6.07) is 21.1. The van der Waals surface area contributed by atoms with Gasteiger partial charge in [-0.1, -0.05) is 42.1 Å². The van der Waals surface area contributed by atoms with Gasteiger partial charge in [0.15, 0.2) is 22.5 Å². The highest BCUT2D eigenvalue weighted by Gasteiger charge is 2.31. The van der Waals surface area contributed by atoms with Gasteiger partial charge in [0.1, 0.15) is 0 Å². The van der Waals surface area contributed by atoms with Crippen LogP contribution in [0.25, 0.3) is 17.1 Å². The largest absolute Gasteiger partial charge is 0.454 e. The molecule has 6 rings (SSSR count). The fraction of sp³-hybridized carbons (Fsp3) is 0.133. The molecule has 42 heavy (non-hydrogen) atoms. The Bertz CT molecular complexity index is 1740. The van der Waals surface area contributed by atoms with Crippen molar-refractivity contribution in [3.05, 3.63) is 114 Å². The lowest BCUT2D eigenvalue weighted by molar-refractivity contribution is -0.137. The quantitative estimate of drug-likeness (QED) is 0.213. The summed E-state index contributed by atoms with van der Waals surface area (Å²) in [7, 11) is 0. The van der Waals surface area contributed by atoms with Gasteiger partial charge in [0.2, 0.25) is 6.79 Å². The maximum Gasteiger partial charge on any atom is 0.416 e. The minimum Gasteiger partial charge on any atom is -0.454 e. The number of thioether (sulfide) groups is 1. The SMILES string of the molecule is O=C(NCc1ccc2c(c1)OCO2)c1ccccc1CSc1nnc(-c2ccncc2)n1-c1cccc(C(F)(F)F)c1. The monoisotopic (exact) mass is 589 g/mol. The summed E-state index contributed by atoms with van der Waals surface area (Å²) in [6.07, 6.45) is -1.36. The third-order valence-corrected chi connectivity index (χ3v) is 7.49. The third kappa shape index (κ3) is 5.79. The smallest absolute Gasteiger partial charge is 0.416 e. The molecule has 0 bridgehead atoms. The van der Waals surface area contributed by atoms with Gasteiger partial charge in [-0.05, 0) is 59.7 Å². The Morgan fingerprint density at radius 1 is 0.929 bits per heavy atom. The van der Waals surface area contributed by atoms with Crippen LogP contribution in [-0.4, -0.2) is 32.4 Å². The molecular weight excluding hydrogens is 567 g/mol. The van der Waals surface area contributed by atoms with Crippen molar-refractivity contribution in [3.63, 3.8) is 0 Å². The van der Waals surface area contributed by atoms with E-state index in [1.165, 1.54) is 17.8 Å². The van der Waals surface area contributed by atoms with Crippen LogP contribution in [0.2, 0.25) is 0 Å². The zero-order valence-corrected chi connectivity index (χ0v) is 22.7. The van der Waals surface area contributed by atoms with Gasteiger partial charge in [-0.25, -0.2) is 0 Å². The molecule has 1 N–H and O–H groups in total. The average Bonchev–Trinajstić information content (AvgIpc) is 3.66. The van der Waals surface area contributed by atoms with E-state index in [1.807, 2.05) is 24.3 Å². The van der Waals surface area contributed by atoms with Crippen molar-refractivity contribution < 1.29 is 27.4 Å². The second-order valence-corrected chi connectivity index (χ2v) is 10.2. The Morgan fingerprint density at radius 3 is 2.57 bits per heavy atom. The first-order valence-corrected chi connectivity index (χ1v) is 13.8. The molecule has 0 atom stereocenters. The predicted octanol–water partition coefficient (Wildman–Crippen LogP) is 6.30. The van der Waals surface area contributed by atoms with Gasteiger partial charge in [0.05, 0.1) is 11.3 Å². The van der Waals surface area contributed by atoms with E-state index in [-0.39, 0.29) is 24.9 Å². The van der Waals surface area contributed by atoms with Gasteiger partial charge < -0.3 is 14.8 Å². The molecule has 5 aromatic rings. The van der Waals surface area contributed by atoms with Gasteiger partial charge in [-0.3, -0.25) is 14.3 Å². The molecule has 1 amide bonds. The molecule has 212 valence electrons. The zero-order chi connectivity index (χ0) is 29.1. The van der Waals surface area contributed by atoms with E-state index in [0.29, 0.717) is 39.4 Å².